The number of ether oxygens (including phenoxy) is 2. The maximum atomic E-state index is 12.0. The second kappa shape index (κ2) is 9.31. The van der Waals surface area contributed by atoms with Crippen LogP contribution in [0.15, 0.2) is 24.3 Å². The fraction of sp³-hybridized carbons (Fsp3) is 0.263. The van der Waals surface area contributed by atoms with Crippen molar-refractivity contribution in [1.82, 2.24) is 0 Å². The first-order chi connectivity index (χ1) is 12.7. The minimum absolute atomic E-state index is 0.193. The molecular formula is C19H18Cl3NO4. The maximum Gasteiger partial charge on any atom is 0.344 e. The van der Waals surface area contributed by atoms with Crippen LogP contribution in [-0.2, 0) is 14.3 Å². The molecule has 0 aliphatic heterocycles. The van der Waals surface area contributed by atoms with Gasteiger partial charge in [0, 0.05) is 11.8 Å². The van der Waals surface area contributed by atoms with E-state index in [2.05, 4.69) is 5.32 Å². The van der Waals surface area contributed by atoms with Crippen molar-refractivity contribution in [1.29, 1.82) is 0 Å². The number of carbonyl (C=O) groups excluding carboxylic acids is 2. The lowest BCUT2D eigenvalue weighted by Gasteiger charge is -2.13. The van der Waals surface area contributed by atoms with E-state index in [1.807, 2.05) is 32.9 Å². The van der Waals surface area contributed by atoms with Crippen LogP contribution in [-0.4, -0.2) is 25.1 Å². The molecule has 27 heavy (non-hydrogen) atoms. The standard InChI is InChI=1S/C19H18Cl3NO4/c1-10-4-11(2)19(12(3)5-10)23-17(24)8-27-18(25)9-26-16-7-14(21)13(20)6-15(16)22/h4-7H,8-9H2,1-3H3,(H,23,24). The summed E-state index contributed by atoms with van der Waals surface area (Å²) in [7, 11) is 0. The fourth-order valence-corrected chi connectivity index (χ4v) is 3.08. The zero-order chi connectivity index (χ0) is 20.1. The number of hydrogen-bond donors (Lipinski definition) is 1. The molecule has 5 nitrogen and oxygen atoms in total. The van der Waals surface area contributed by atoms with E-state index in [1.165, 1.54) is 12.1 Å². The molecule has 0 aliphatic carbocycles. The minimum atomic E-state index is -0.718. The molecule has 144 valence electrons. The Morgan fingerprint density at radius 3 is 2.11 bits per heavy atom. The summed E-state index contributed by atoms with van der Waals surface area (Å²) >= 11 is 17.7. The molecule has 0 atom stereocenters. The molecule has 0 radical (unpaired) electrons. The number of carbonyl (C=O) groups is 2. The SMILES string of the molecule is Cc1cc(C)c(NC(=O)COC(=O)COc2cc(Cl)c(Cl)cc2Cl)c(C)c1. The number of hydrogen-bond acceptors (Lipinski definition) is 4. The molecule has 1 amide bonds. The van der Waals surface area contributed by atoms with Gasteiger partial charge in [0.05, 0.1) is 15.1 Å². The molecule has 0 aromatic heterocycles. The Kier molecular flexibility index (Phi) is 7.36. The quantitative estimate of drug-likeness (QED) is 0.509. The van der Waals surface area contributed by atoms with Gasteiger partial charge in [-0.05, 0) is 38.0 Å². The number of rotatable bonds is 6. The van der Waals surface area contributed by atoms with Gasteiger partial charge in [0.15, 0.2) is 13.2 Å². The van der Waals surface area contributed by atoms with Crippen LogP contribution in [0.2, 0.25) is 15.1 Å². The van der Waals surface area contributed by atoms with E-state index in [0.717, 1.165) is 16.7 Å². The number of benzene rings is 2. The Labute approximate surface area is 172 Å². The van der Waals surface area contributed by atoms with Crippen LogP contribution in [0.5, 0.6) is 5.75 Å². The van der Waals surface area contributed by atoms with Gasteiger partial charge in [-0.2, -0.15) is 0 Å². The monoisotopic (exact) mass is 429 g/mol. The third-order valence-electron chi connectivity index (χ3n) is 3.63. The number of aryl methyl sites for hydroxylation is 3. The molecule has 0 spiro atoms. The molecule has 8 heteroatoms. The average molecular weight is 431 g/mol. The first kappa shape index (κ1) is 21.4. The molecule has 0 bridgehead atoms. The summed E-state index contributed by atoms with van der Waals surface area (Å²) in [5.41, 5.74) is 3.68. The van der Waals surface area contributed by atoms with Crippen molar-refractivity contribution in [3.8, 4) is 5.75 Å². The van der Waals surface area contributed by atoms with Crippen LogP contribution in [0, 0.1) is 20.8 Å². The van der Waals surface area contributed by atoms with Gasteiger partial charge in [-0.1, -0.05) is 52.5 Å². The summed E-state index contributed by atoms with van der Waals surface area (Å²) in [6.07, 6.45) is 0. The number of nitrogens with one attached hydrogen (secondary N) is 1. The number of anilines is 1. The van der Waals surface area contributed by atoms with Crippen LogP contribution in [0.25, 0.3) is 0 Å². The predicted molar refractivity (Wildman–Crippen MR) is 107 cm³/mol. The van der Waals surface area contributed by atoms with Gasteiger partial charge in [-0.15, -0.1) is 0 Å². The van der Waals surface area contributed by atoms with E-state index in [4.69, 9.17) is 44.3 Å². The third-order valence-corrected chi connectivity index (χ3v) is 4.64. The maximum absolute atomic E-state index is 12.0. The van der Waals surface area contributed by atoms with E-state index in [9.17, 15) is 9.59 Å². The lowest BCUT2D eigenvalue weighted by atomic mass is 10.1. The van der Waals surface area contributed by atoms with Gasteiger partial charge in [-0.25, -0.2) is 4.79 Å². The topological polar surface area (TPSA) is 64.6 Å². The molecule has 1 N–H and O–H groups in total. The van der Waals surface area contributed by atoms with Crippen LogP contribution in [0.1, 0.15) is 16.7 Å². The molecule has 0 heterocycles. The molecule has 2 aromatic rings. The zero-order valence-electron chi connectivity index (χ0n) is 15.0. The predicted octanol–water partition coefficient (Wildman–Crippen LogP) is 5.13. The molecule has 2 aromatic carbocycles. The molecule has 0 saturated carbocycles. The fourth-order valence-electron chi connectivity index (χ4n) is 2.49. The van der Waals surface area contributed by atoms with Gasteiger partial charge in [0.25, 0.3) is 5.91 Å². The summed E-state index contributed by atoms with van der Waals surface area (Å²) < 4.78 is 10.2. The number of halogens is 3. The van der Waals surface area contributed by atoms with E-state index >= 15 is 0 Å². The van der Waals surface area contributed by atoms with Gasteiger partial charge >= 0.3 is 5.97 Å². The van der Waals surface area contributed by atoms with Gasteiger partial charge in [0.2, 0.25) is 0 Å². The highest BCUT2D eigenvalue weighted by Gasteiger charge is 2.13. The summed E-state index contributed by atoms with van der Waals surface area (Å²) in [6, 6.07) is 6.73. The Morgan fingerprint density at radius 2 is 1.48 bits per heavy atom. The van der Waals surface area contributed by atoms with Crippen LogP contribution in [0.4, 0.5) is 5.69 Å². The largest absolute Gasteiger partial charge is 0.480 e. The van der Waals surface area contributed by atoms with Crippen molar-refractivity contribution >= 4 is 52.4 Å². The van der Waals surface area contributed by atoms with Crippen molar-refractivity contribution in [2.75, 3.05) is 18.5 Å². The summed E-state index contributed by atoms with van der Waals surface area (Å²) in [5, 5.41) is 3.47. The van der Waals surface area contributed by atoms with E-state index in [1.54, 1.807) is 0 Å². The van der Waals surface area contributed by atoms with Gasteiger partial charge in [-0.3, -0.25) is 4.79 Å². The van der Waals surface area contributed by atoms with Gasteiger partial charge in [0.1, 0.15) is 5.75 Å². The van der Waals surface area contributed by atoms with Crippen molar-refractivity contribution in [3.63, 3.8) is 0 Å². The molecule has 0 fully saturated rings. The van der Waals surface area contributed by atoms with E-state index in [0.29, 0.717) is 5.69 Å². The summed E-state index contributed by atoms with van der Waals surface area (Å²) in [4.78, 5) is 23.8. The van der Waals surface area contributed by atoms with Crippen molar-refractivity contribution in [2.45, 2.75) is 20.8 Å². The highest BCUT2D eigenvalue weighted by Crippen LogP contribution is 2.33. The summed E-state index contributed by atoms with van der Waals surface area (Å²) in [5.74, 6) is -0.964. The molecular weight excluding hydrogens is 413 g/mol. The first-order valence-corrected chi connectivity index (χ1v) is 9.11. The van der Waals surface area contributed by atoms with Crippen LogP contribution >= 0.6 is 34.8 Å². The third kappa shape index (κ3) is 6.03. The molecule has 0 aliphatic rings. The van der Waals surface area contributed by atoms with Crippen molar-refractivity contribution in [2.24, 2.45) is 0 Å². The second-order valence-corrected chi connectivity index (χ2v) is 7.19. The lowest BCUT2D eigenvalue weighted by molar-refractivity contribution is -0.149. The summed E-state index contributed by atoms with van der Waals surface area (Å²) in [6.45, 7) is 4.93. The molecule has 2 rings (SSSR count). The van der Waals surface area contributed by atoms with Crippen molar-refractivity contribution < 1.29 is 19.1 Å². The van der Waals surface area contributed by atoms with Crippen molar-refractivity contribution in [3.05, 3.63) is 56.0 Å². The number of amides is 1. The first-order valence-electron chi connectivity index (χ1n) is 7.98. The van der Waals surface area contributed by atoms with E-state index < -0.39 is 25.1 Å². The molecule has 0 saturated heterocycles. The smallest absolute Gasteiger partial charge is 0.344 e. The Morgan fingerprint density at radius 1 is 0.889 bits per heavy atom. The zero-order valence-corrected chi connectivity index (χ0v) is 17.3. The minimum Gasteiger partial charge on any atom is -0.480 e. The Bertz CT molecular complexity index is 860. The number of esters is 1. The van der Waals surface area contributed by atoms with E-state index in [-0.39, 0.29) is 20.8 Å². The van der Waals surface area contributed by atoms with Gasteiger partial charge < -0.3 is 14.8 Å². The highest BCUT2D eigenvalue weighted by molar-refractivity contribution is 6.43. The second-order valence-electron chi connectivity index (χ2n) is 5.97. The average Bonchev–Trinajstić information content (AvgIpc) is 2.58. The van der Waals surface area contributed by atoms with Crippen LogP contribution < -0.4 is 10.1 Å². The normalized spacial score (nSPS) is 10.4. The highest BCUT2D eigenvalue weighted by atomic mass is 35.5. The Hall–Kier alpha value is -1.95. The van der Waals surface area contributed by atoms with Crippen LogP contribution in [0.3, 0.4) is 0 Å². The molecule has 0 unspecified atom stereocenters. The lowest BCUT2D eigenvalue weighted by Crippen LogP contribution is -2.24. The Balaban J connectivity index is 1.85.